The largest absolute Gasteiger partial charge is 0.511 e. The fourth-order valence-electron chi connectivity index (χ4n) is 1.83. The minimum atomic E-state index is -0.762. The first-order chi connectivity index (χ1) is 8.59. The average molecular weight is 249 g/mol. The molecule has 0 spiro atoms. The van der Waals surface area contributed by atoms with Gasteiger partial charge in [0.25, 0.3) is 5.91 Å². The fraction of sp³-hybridized carbons (Fsp3) is 0.231. The van der Waals surface area contributed by atoms with Crippen LogP contribution in [-0.4, -0.2) is 16.8 Å². The summed E-state index contributed by atoms with van der Waals surface area (Å²) in [5.41, 5.74) is -0.273. The number of hydrogen-bond acceptors (Lipinski definition) is 3. The van der Waals surface area contributed by atoms with Gasteiger partial charge in [0.05, 0.1) is 5.69 Å². The summed E-state index contributed by atoms with van der Waals surface area (Å²) < 4.78 is 13.3. The second kappa shape index (κ2) is 5.00. The predicted molar refractivity (Wildman–Crippen MR) is 63.5 cm³/mol. The summed E-state index contributed by atoms with van der Waals surface area (Å²) in [5.74, 6) is -1.98. The molecule has 0 bridgehead atoms. The third-order valence-electron chi connectivity index (χ3n) is 2.73. The van der Waals surface area contributed by atoms with Crippen molar-refractivity contribution in [1.82, 2.24) is 0 Å². The number of aliphatic hydroxyl groups is 1. The Morgan fingerprint density at radius 3 is 2.67 bits per heavy atom. The summed E-state index contributed by atoms with van der Waals surface area (Å²) >= 11 is 0. The molecule has 94 valence electrons. The highest BCUT2D eigenvalue weighted by Gasteiger charge is 2.26. The zero-order valence-electron chi connectivity index (χ0n) is 9.57. The maximum atomic E-state index is 13.3. The third-order valence-corrected chi connectivity index (χ3v) is 2.73. The highest BCUT2D eigenvalue weighted by atomic mass is 19.1. The van der Waals surface area contributed by atoms with Crippen molar-refractivity contribution in [2.45, 2.75) is 19.3 Å². The number of halogens is 1. The number of para-hydroxylation sites is 1. The molecule has 1 aliphatic carbocycles. The molecule has 1 amide bonds. The van der Waals surface area contributed by atoms with E-state index >= 15 is 0 Å². The maximum Gasteiger partial charge on any atom is 0.262 e. The molecule has 0 heterocycles. The predicted octanol–water partition coefficient (Wildman–Crippen LogP) is 2.33. The zero-order chi connectivity index (χ0) is 13.1. The van der Waals surface area contributed by atoms with Crippen LogP contribution < -0.4 is 5.32 Å². The van der Waals surface area contributed by atoms with Crippen molar-refractivity contribution in [2.24, 2.45) is 0 Å². The number of nitrogens with one attached hydrogen (secondary N) is 1. The minimum absolute atomic E-state index is 0.0128. The van der Waals surface area contributed by atoms with Crippen LogP contribution in [0.5, 0.6) is 0 Å². The molecule has 1 aromatic rings. The van der Waals surface area contributed by atoms with E-state index in [2.05, 4.69) is 5.32 Å². The molecule has 0 saturated heterocycles. The topological polar surface area (TPSA) is 66.4 Å². The molecule has 1 aliphatic rings. The van der Waals surface area contributed by atoms with Crippen molar-refractivity contribution in [3.63, 3.8) is 0 Å². The molecule has 2 N–H and O–H groups in total. The summed E-state index contributed by atoms with van der Waals surface area (Å²) in [6, 6.07) is 5.65. The zero-order valence-corrected chi connectivity index (χ0v) is 9.57. The lowest BCUT2D eigenvalue weighted by molar-refractivity contribution is -0.121. The molecule has 0 aliphatic heterocycles. The molecular formula is C13H12FNO3. The molecule has 0 unspecified atom stereocenters. The van der Waals surface area contributed by atoms with Crippen LogP contribution >= 0.6 is 0 Å². The van der Waals surface area contributed by atoms with Gasteiger partial charge < -0.3 is 10.4 Å². The molecule has 1 aromatic carbocycles. The third kappa shape index (κ3) is 2.40. The van der Waals surface area contributed by atoms with Gasteiger partial charge in [-0.3, -0.25) is 9.59 Å². The van der Waals surface area contributed by atoms with Crippen molar-refractivity contribution in [2.75, 3.05) is 5.32 Å². The number of benzene rings is 1. The Hall–Kier alpha value is -2.17. The number of allylic oxidation sites excluding steroid dienone is 1. The van der Waals surface area contributed by atoms with Crippen molar-refractivity contribution >= 4 is 17.4 Å². The van der Waals surface area contributed by atoms with Crippen LogP contribution in [0, 0.1) is 5.82 Å². The van der Waals surface area contributed by atoms with Crippen LogP contribution in [0.25, 0.3) is 0 Å². The molecule has 5 heteroatoms. The van der Waals surface area contributed by atoms with Crippen molar-refractivity contribution in [1.29, 1.82) is 0 Å². The normalized spacial score (nSPS) is 15.7. The molecule has 0 fully saturated rings. The lowest BCUT2D eigenvalue weighted by atomic mass is 9.95. The van der Waals surface area contributed by atoms with Crippen molar-refractivity contribution in [3.05, 3.63) is 41.4 Å². The Balaban J connectivity index is 2.23. The standard InChI is InChI=1S/C13H12FNO3/c14-8-4-1-2-5-9(8)15-13(18)12-10(16)6-3-7-11(12)17/h1-2,4-5,16H,3,6-7H2,(H,15,18). The Morgan fingerprint density at radius 2 is 2.00 bits per heavy atom. The van der Waals surface area contributed by atoms with Gasteiger partial charge in [-0.2, -0.15) is 0 Å². The molecule has 2 rings (SSSR count). The number of hydrogen-bond donors (Lipinski definition) is 2. The Morgan fingerprint density at radius 1 is 1.28 bits per heavy atom. The molecular weight excluding hydrogens is 237 g/mol. The number of carbonyl (C=O) groups excluding carboxylic acids is 2. The van der Waals surface area contributed by atoms with E-state index in [1.54, 1.807) is 6.07 Å². The summed E-state index contributed by atoms with van der Waals surface area (Å²) in [4.78, 5) is 23.4. The van der Waals surface area contributed by atoms with E-state index in [9.17, 15) is 19.1 Å². The summed E-state index contributed by atoms with van der Waals surface area (Å²) in [5, 5.41) is 11.8. The van der Waals surface area contributed by atoms with Gasteiger partial charge in [-0.05, 0) is 18.6 Å². The van der Waals surface area contributed by atoms with Crippen molar-refractivity contribution < 1.29 is 19.1 Å². The van der Waals surface area contributed by atoms with Gasteiger partial charge in [-0.25, -0.2) is 4.39 Å². The second-order valence-electron chi connectivity index (χ2n) is 4.03. The SMILES string of the molecule is O=C1CCCC(O)=C1C(=O)Nc1ccccc1F. The average Bonchev–Trinajstić information content (AvgIpc) is 2.32. The molecule has 4 nitrogen and oxygen atoms in total. The van der Waals surface area contributed by atoms with Gasteiger partial charge in [-0.15, -0.1) is 0 Å². The van der Waals surface area contributed by atoms with E-state index in [-0.39, 0.29) is 23.4 Å². The molecule has 0 saturated carbocycles. The highest BCUT2D eigenvalue weighted by molar-refractivity contribution is 6.24. The number of aliphatic hydroxyl groups excluding tert-OH is 1. The highest BCUT2D eigenvalue weighted by Crippen LogP contribution is 2.22. The van der Waals surface area contributed by atoms with E-state index in [4.69, 9.17) is 0 Å². The summed E-state index contributed by atoms with van der Waals surface area (Å²) in [7, 11) is 0. The summed E-state index contributed by atoms with van der Waals surface area (Å²) in [6.45, 7) is 0. The quantitative estimate of drug-likeness (QED) is 0.790. The Kier molecular flexibility index (Phi) is 3.41. The van der Waals surface area contributed by atoms with Crippen LogP contribution in [0.15, 0.2) is 35.6 Å². The van der Waals surface area contributed by atoms with E-state index < -0.39 is 17.5 Å². The Bertz CT molecular complexity index is 537. The van der Waals surface area contributed by atoms with E-state index in [1.165, 1.54) is 18.2 Å². The number of carbonyl (C=O) groups is 2. The number of anilines is 1. The number of rotatable bonds is 2. The number of ketones is 1. The second-order valence-corrected chi connectivity index (χ2v) is 4.03. The van der Waals surface area contributed by atoms with Crippen LogP contribution in [-0.2, 0) is 9.59 Å². The first-order valence-corrected chi connectivity index (χ1v) is 5.61. The first-order valence-electron chi connectivity index (χ1n) is 5.61. The van der Waals surface area contributed by atoms with Crippen molar-refractivity contribution in [3.8, 4) is 0 Å². The van der Waals surface area contributed by atoms with E-state index in [0.29, 0.717) is 12.8 Å². The maximum absolute atomic E-state index is 13.3. The van der Waals surface area contributed by atoms with Crippen LogP contribution in [0.4, 0.5) is 10.1 Å². The van der Waals surface area contributed by atoms with Gasteiger partial charge in [0.2, 0.25) is 0 Å². The number of Topliss-reactive ketones (excluding diaryl/α,β-unsaturated/α-hetero) is 1. The van der Waals surface area contributed by atoms with Gasteiger partial charge in [0.15, 0.2) is 5.78 Å². The van der Waals surface area contributed by atoms with Gasteiger partial charge in [-0.1, -0.05) is 12.1 Å². The molecule has 0 atom stereocenters. The molecule has 0 aromatic heterocycles. The van der Waals surface area contributed by atoms with E-state index in [1.807, 2.05) is 0 Å². The first kappa shape index (κ1) is 12.3. The van der Waals surface area contributed by atoms with Gasteiger partial charge >= 0.3 is 0 Å². The lowest BCUT2D eigenvalue weighted by Gasteiger charge is -2.14. The van der Waals surface area contributed by atoms with Crippen LogP contribution in [0.1, 0.15) is 19.3 Å². The van der Waals surface area contributed by atoms with Gasteiger partial charge in [0.1, 0.15) is 17.1 Å². The monoisotopic (exact) mass is 249 g/mol. The van der Waals surface area contributed by atoms with Gasteiger partial charge in [0, 0.05) is 12.8 Å². The van der Waals surface area contributed by atoms with E-state index in [0.717, 1.165) is 0 Å². The summed E-state index contributed by atoms with van der Waals surface area (Å²) in [6.07, 6.45) is 1.05. The lowest BCUT2D eigenvalue weighted by Crippen LogP contribution is -2.25. The minimum Gasteiger partial charge on any atom is -0.511 e. The van der Waals surface area contributed by atoms with Crippen LogP contribution in [0.2, 0.25) is 0 Å². The Labute approximate surface area is 103 Å². The number of amides is 1. The molecule has 0 radical (unpaired) electrons. The van der Waals surface area contributed by atoms with Crippen LogP contribution in [0.3, 0.4) is 0 Å². The fourth-order valence-corrected chi connectivity index (χ4v) is 1.83. The molecule has 18 heavy (non-hydrogen) atoms. The smallest absolute Gasteiger partial charge is 0.262 e.